The van der Waals surface area contributed by atoms with Crippen LogP contribution in [0.15, 0.2) is 4.42 Å². The zero-order valence-electron chi connectivity index (χ0n) is 6.74. The maximum absolute atomic E-state index is 9.01. The Kier molecular flexibility index (Phi) is 2.59. The van der Waals surface area contributed by atoms with Crippen molar-refractivity contribution in [3.63, 3.8) is 0 Å². The Hall–Kier alpha value is -0.900. The largest absolute Gasteiger partial charge is 0.422 e. The minimum Gasteiger partial charge on any atom is -0.422 e. The molecular weight excluding hydrogens is 144 g/mol. The van der Waals surface area contributed by atoms with E-state index in [-0.39, 0.29) is 0 Å². The van der Waals surface area contributed by atoms with Crippen molar-refractivity contribution in [1.82, 2.24) is 10.2 Å². The first-order valence-electron chi connectivity index (χ1n) is 3.74. The Labute approximate surface area is 65.3 Å². The minimum atomic E-state index is -0.659. The molecule has 4 heteroatoms. The van der Waals surface area contributed by atoms with Gasteiger partial charge in [-0.05, 0) is 13.3 Å². The molecule has 1 atom stereocenters. The molecule has 0 bridgehead atoms. The fourth-order valence-corrected chi connectivity index (χ4v) is 0.750. The van der Waals surface area contributed by atoms with Gasteiger partial charge in [-0.25, -0.2) is 0 Å². The SMILES string of the molecule is CCCc1nnc(C(C)O)o1. The van der Waals surface area contributed by atoms with E-state index >= 15 is 0 Å². The van der Waals surface area contributed by atoms with Crippen LogP contribution >= 0.6 is 0 Å². The van der Waals surface area contributed by atoms with Crippen molar-refractivity contribution in [1.29, 1.82) is 0 Å². The molecule has 0 saturated carbocycles. The van der Waals surface area contributed by atoms with Gasteiger partial charge in [-0.15, -0.1) is 10.2 Å². The molecule has 0 saturated heterocycles. The van der Waals surface area contributed by atoms with E-state index in [9.17, 15) is 0 Å². The van der Waals surface area contributed by atoms with Crippen LogP contribution in [-0.4, -0.2) is 15.3 Å². The van der Waals surface area contributed by atoms with E-state index < -0.39 is 6.10 Å². The van der Waals surface area contributed by atoms with Crippen LogP contribution in [0.5, 0.6) is 0 Å². The van der Waals surface area contributed by atoms with E-state index in [1.165, 1.54) is 0 Å². The Bertz CT molecular complexity index is 220. The van der Waals surface area contributed by atoms with E-state index in [0.717, 1.165) is 12.8 Å². The van der Waals surface area contributed by atoms with E-state index in [2.05, 4.69) is 10.2 Å². The summed E-state index contributed by atoms with van der Waals surface area (Å²) in [6, 6.07) is 0. The van der Waals surface area contributed by atoms with Crippen molar-refractivity contribution in [3.05, 3.63) is 11.8 Å². The average molecular weight is 156 g/mol. The van der Waals surface area contributed by atoms with E-state index in [0.29, 0.717) is 11.8 Å². The Morgan fingerprint density at radius 1 is 1.55 bits per heavy atom. The van der Waals surface area contributed by atoms with E-state index in [4.69, 9.17) is 9.52 Å². The van der Waals surface area contributed by atoms with Crippen LogP contribution in [0, 0.1) is 0 Å². The third kappa shape index (κ3) is 2.01. The summed E-state index contributed by atoms with van der Waals surface area (Å²) in [4.78, 5) is 0. The number of hydrogen-bond acceptors (Lipinski definition) is 4. The van der Waals surface area contributed by atoms with Gasteiger partial charge in [0.2, 0.25) is 11.8 Å². The highest BCUT2D eigenvalue weighted by atomic mass is 16.4. The molecule has 1 rings (SSSR count). The lowest BCUT2D eigenvalue weighted by molar-refractivity contribution is 0.160. The Morgan fingerprint density at radius 2 is 2.27 bits per heavy atom. The van der Waals surface area contributed by atoms with Crippen molar-refractivity contribution in [2.45, 2.75) is 32.8 Å². The molecule has 0 aliphatic carbocycles. The van der Waals surface area contributed by atoms with Crippen LogP contribution < -0.4 is 0 Å². The van der Waals surface area contributed by atoms with Gasteiger partial charge in [0.15, 0.2) is 0 Å². The second kappa shape index (κ2) is 3.48. The molecule has 4 nitrogen and oxygen atoms in total. The van der Waals surface area contributed by atoms with Gasteiger partial charge in [-0.3, -0.25) is 0 Å². The third-order valence-corrected chi connectivity index (χ3v) is 1.30. The first-order valence-corrected chi connectivity index (χ1v) is 3.74. The van der Waals surface area contributed by atoms with Crippen LogP contribution in [0.2, 0.25) is 0 Å². The third-order valence-electron chi connectivity index (χ3n) is 1.30. The number of hydrogen-bond donors (Lipinski definition) is 1. The fourth-order valence-electron chi connectivity index (χ4n) is 0.750. The number of aliphatic hydroxyl groups excluding tert-OH is 1. The molecule has 1 aromatic heterocycles. The summed E-state index contributed by atoms with van der Waals surface area (Å²) in [5.41, 5.74) is 0. The zero-order chi connectivity index (χ0) is 8.27. The monoisotopic (exact) mass is 156 g/mol. The van der Waals surface area contributed by atoms with Crippen LogP contribution in [0.25, 0.3) is 0 Å². The molecule has 0 radical (unpaired) electrons. The molecule has 1 unspecified atom stereocenters. The summed E-state index contributed by atoms with van der Waals surface area (Å²) < 4.78 is 5.11. The highest BCUT2D eigenvalue weighted by Crippen LogP contribution is 2.10. The lowest BCUT2D eigenvalue weighted by Gasteiger charge is -1.93. The lowest BCUT2D eigenvalue weighted by Crippen LogP contribution is -1.89. The van der Waals surface area contributed by atoms with Gasteiger partial charge in [-0.1, -0.05) is 6.92 Å². The molecule has 11 heavy (non-hydrogen) atoms. The molecular formula is C7H12N2O2. The molecule has 0 aromatic carbocycles. The average Bonchev–Trinajstić information content (AvgIpc) is 2.37. The summed E-state index contributed by atoms with van der Waals surface area (Å²) in [6.45, 7) is 3.63. The Morgan fingerprint density at radius 3 is 2.73 bits per heavy atom. The standard InChI is InChI=1S/C7H12N2O2/c1-3-4-6-8-9-7(11-6)5(2)10/h5,10H,3-4H2,1-2H3. The summed E-state index contributed by atoms with van der Waals surface area (Å²) in [5.74, 6) is 0.900. The van der Waals surface area contributed by atoms with Gasteiger partial charge in [-0.2, -0.15) is 0 Å². The number of aromatic nitrogens is 2. The van der Waals surface area contributed by atoms with Gasteiger partial charge in [0, 0.05) is 6.42 Å². The smallest absolute Gasteiger partial charge is 0.244 e. The van der Waals surface area contributed by atoms with Gasteiger partial charge < -0.3 is 9.52 Å². The summed E-state index contributed by atoms with van der Waals surface area (Å²) in [6.07, 6.45) is 1.09. The molecule has 0 aliphatic rings. The molecule has 1 N–H and O–H groups in total. The molecule has 62 valence electrons. The second-order valence-corrected chi connectivity index (χ2v) is 2.46. The van der Waals surface area contributed by atoms with Gasteiger partial charge in [0.25, 0.3) is 0 Å². The van der Waals surface area contributed by atoms with Crippen molar-refractivity contribution in [2.24, 2.45) is 0 Å². The second-order valence-electron chi connectivity index (χ2n) is 2.46. The zero-order valence-corrected chi connectivity index (χ0v) is 6.74. The van der Waals surface area contributed by atoms with Crippen LogP contribution in [0.3, 0.4) is 0 Å². The molecule has 1 heterocycles. The van der Waals surface area contributed by atoms with E-state index in [1.54, 1.807) is 6.92 Å². The number of rotatable bonds is 3. The van der Waals surface area contributed by atoms with Crippen molar-refractivity contribution >= 4 is 0 Å². The summed E-state index contributed by atoms with van der Waals surface area (Å²) in [7, 11) is 0. The topological polar surface area (TPSA) is 59.2 Å². The molecule has 1 aromatic rings. The predicted molar refractivity (Wildman–Crippen MR) is 38.9 cm³/mol. The van der Waals surface area contributed by atoms with Gasteiger partial charge in [0.1, 0.15) is 6.10 Å². The molecule has 0 amide bonds. The van der Waals surface area contributed by atoms with Crippen molar-refractivity contribution in [2.75, 3.05) is 0 Å². The highest BCUT2D eigenvalue weighted by molar-refractivity contribution is 4.84. The normalized spacial score (nSPS) is 13.4. The number of aryl methyl sites for hydroxylation is 1. The maximum Gasteiger partial charge on any atom is 0.244 e. The number of aliphatic hydroxyl groups is 1. The van der Waals surface area contributed by atoms with Crippen LogP contribution in [-0.2, 0) is 6.42 Å². The fraction of sp³-hybridized carbons (Fsp3) is 0.714. The summed E-state index contributed by atoms with van der Waals surface area (Å²) >= 11 is 0. The predicted octanol–water partition coefficient (Wildman–Crippen LogP) is 1.08. The highest BCUT2D eigenvalue weighted by Gasteiger charge is 2.09. The molecule has 0 aliphatic heterocycles. The first kappa shape index (κ1) is 8.20. The van der Waals surface area contributed by atoms with Crippen LogP contribution in [0.1, 0.15) is 38.2 Å². The van der Waals surface area contributed by atoms with Crippen molar-refractivity contribution in [3.8, 4) is 0 Å². The maximum atomic E-state index is 9.01. The van der Waals surface area contributed by atoms with Crippen LogP contribution in [0.4, 0.5) is 0 Å². The van der Waals surface area contributed by atoms with Gasteiger partial charge >= 0.3 is 0 Å². The summed E-state index contributed by atoms with van der Waals surface area (Å²) in [5, 5.41) is 16.4. The van der Waals surface area contributed by atoms with Crippen molar-refractivity contribution < 1.29 is 9.52 Å². The number of nitrogens with zero attached hydrogens (tertiary/aromatic N) is 2. The Balaban J connectivity index is 2.66. The van der Waals surface area contributed by atoms with Gasteiger partial charge in [0.05, 0.1) is 0 Å². The molecule has 0 spiro atoms. The minimum absolute atomic E-state index is 0.299. The first-order chi connectivity index (χ1) is 5.24. The molecule has 0 fully saturated rings. The van der Waals surface area contributed by atoms with E-state index in [1.807, 2.05) is 6.92 Å². The lowest BCUT2D eigenvalue weighted by atomic mass is 10.3. The quantitative estimate of drug-likeness (QED) is 0.711.